The van der Waals surface area contributed by atoms with Crippen LogP contribution in [-0.2, 0) is 9.59 Å². The molecule has 5 heteroatoms. The van der Waals surface area contributed by atoms with Gasteiger partial charge in [0.25, 0.3) is 0 Å². The zero-order valence-electron chi connectivity index (χ0n) is 14.9. The molecule has 1 aliphatic carbocycles. The second kappa shape index (κ2) is 8.28. The topological polar surface area (TPSA) is 61.8 Å². The zero-order chi connectivity index (χ0) is 17.6. The fraction of sp³-hybridized carbons (Fsp3) is 0.550. The third kappa shape index (κ3) is 4.91. The first-order valence-electron chi connectivity index (χ1n) is 9.34. The van der Waals surface area contributed by atoms with E-state index in [4.69, 9.17) is 0 Å². The second-order valence-electron chi connectivity index (χ2n) is 7.22. The highest BCUT2D eigenvalue weighted by Crippen LogP contribution is 2.23. The Morgan fingerprint density at radius 1 is 1.20 bits per heavy atom. The Morgan fingerprint density at radius 3 is 2.76 bits per heavy atom. The smallest absolute Gasteiger partial charge is 0.243 e. The van der Waals surface area contributed by atoms with Crippen LogP contribution in [-0.4, -0.2) is 35.1 Å². The molecule has 2 atom stereocenters. The molecule has 2 aliphatic rings. The monoisotopic (exact) mass is 341 g/mol. The van der Waals surface area contributed by atoms with Gasteiger partial charge in [-0.3, -0.25) is 9.59 Å². The summed E-state index contributed by atoms with van der Waals surface area (Å²) in [4.78, 5) is 24.4. The maximum atomic E-state index is 12.3. The van der Waals surface area contributed by atoms with Crippen LogP contribution in [0.3, 0.4) is 0 Å². The zero-order valence-corrected chi connectivity index (χ0v) is 14.9. The molecule has 2 unspecified atom stereocenters. The molecule has 5 nitrogen and oxygen atoms in total. The average molecular weight is 341 g/mol. The van der Waals surface area contributed by atoms with Gasteiger partial charge >= 0.3 is 0 Å². The van der Waals surface area contributed by atoms with Crippen LogP contribution in [0.1, 0.15) is 57.4 Å². The van der Waals surface area contributed by atoms with E-state index in [-0.39, 0.29) is 30.7 Å². The molecule has 1 aromatic rings. The number of amides is 2. The van der Waals surface area contributed by atoms with Crippen LogP contribution in [0.2, 0.25) is 0 Å². The number of hydrogen-bond acceptors (Lipinski definition) is 3. The predicted octanol–water partition coefficient (Wildman–Crippen LogP) is 3.10. The summed E-state index contributed by atoms with van der Waals surface area (Å²) in [5.41, 5.74) is 2.00. The van der Waals surface area contributed by atoms with E-state index in [0.29, 0.717) is 12.5 Å². The van der Waals surface area contributed by atoms with Crippen molar-refractivity contribution in [1.29, 1.82) is 0 Å². The molecule has 1 fully saturated rings. The Balaban J connectivity index is 1.45. The van der Waals surface area contributed by atoms with Gasteiger partial charge in [0.1, 0.15) is 0 Å². The van der Waals surface area contributed by atoms with Gasteiger partial charge in [-0.15, -0.1) is 0 Å². The molecule has 25 heavy (non-hydrogen) atoms. The summed E-state index contributed by atoms with van der Waals surface area (Å²) in [6.45, 7) is 2.84. The maximum absolute atomic E-state index is 12.3. The fourth-order valence-corrected chi connectivity index (χ4v) is 3.69. The van der Waals surface area contributed by atoms with Crippen LogP contribution in [0.15, 0.2) is 35.4 Å². The van der Waals surface area contributed by atoms with E-state index >= 15 is 0 Å². The van der Waals surface area contributed by atoms with Crippen LogP contribution < -0.4 is 5.32 Å². The summed E-state index contributed by atoms with van der Waals surface area (Å²) in [5, 5.41) is 9.03. The van der Waals surface area contributed by atoms with Crippen LogP contribution in [0.5, 0.6) is 0 Å². The van der Waals surface area contributed by atoms with Gasteiger partial charge in [0.15, 0.2) is 0 Å². The molecule has 0 saturated heterocycles. The average Bonchev–Trinajstić information content (AvgIpc) is 3.11. The van der Waals surface area contributed by atoms with Crippen molar-refractivity contribution in [3.63, 3.8) is 0 Å². The summed E-state index contributed by atoms with van der Waals surface area (Å²) >= 11 is 0. The lowest BCUT2D eigenvalue weighted by Crippen LogP contribution is -2.38. The minimum absolute atomic E-state index is 0.0149. The van der Waals surface area contributed by atoms with E-state index < -0.39 is 0 Å². The third-order valence-electron chi connectivity index (χ3n) is 5.06. The highest BCUT2D eigenvalue weighted by molar-refractivity contribution is 6.02. The van der Waals surface area contributed by atoms with Gasteiger partial charge < -0.3 is 5.32 Å². The minimum Gasteiger partial charge on any atom is -0.353 e. The SMILES string of the molecule is CC1CCCC(NC(=O)CCC(=O)N2CCC(c3ccccc3)=N2)C1. The maximum Gasteiger partial charge on any atom is 0.243 e. The van der Waals surface area contributed by atoms with Gasteiger partial charge in [-0.1, -0.05) is 50.1 Å². The summed E-state index contributed by atoms with van der Waals surface area (Å²) in [5.74, 6) is 0.591. The minimum atomic E-state index is -0.0712. The van der Waals surface area contributed by atoms with Crippen molar-refractivity contribution in [3.8, 4) is 0 Å². The lowest BCUT2D eigenvalue weighted by atomic mass is 9.87. The largest absolute Gasteiger partial charge is 0.353 e. The van der Waals surface area contributed by atoms with Gasteiger partial charge in [0, 0.05) is 25.3 Å². The van der Waals surface area contributed by atoms with Crippen LogP contribution in [0, 0.1) is 5.92 Å². The lowest BCUT2D eigenvalue weighted by molar-refractivity contribution is -0.133. The normalized spacial score (nSPS) is 23.2. The van der Waals surface area contributed by atoms with E-state index in [2.05, 4.69) is 17.3 Å². The number of carbonyl (C=O) groups excluding carboxylic acids is 2. The lowest BCUT2D eigenvalue weighted by Gasteiger charge is -2.27. The Kier molecular flexibility index (Phi) is 5.84. The molecule has 1 saturated carbocycles. The molecule has 0 aromatic heterocycles. The van der Waals surface area contributed by atoms with E-state index in [1.165, 1.54) is 17.9 Å². The molecule has 3 rings (SSSR count). The van der Waals surface area contributed by atoms with Gasteiger partial charge in [-0.2, -0.15) is 5.10 Å². The molecule has 1 aliphatic heterocycles. The number of carbonyl (C=O) groups is 2. The quantitative estimate of drug-likeness (QED) is 0.894. The van der Waals surface area contributed by atoms with Crippen LogP contribution >= 0.6 is 0 Å². The molecule has 0 spiro atoms. The number of hydrogen-bond donors (Lipinski definition) is 1. The summed E-state index contributed by atoms with van der Waals surface area (Å²) in [6.07, 6.45) is 5.77. The first-order valence-corrected chi connectivity index (χ1v) is 9.34. The van der Waals surface area contributed by atoms with Gasteiger partial charge in [-0.05, 0) is 24.3 Å². The van der Waals surface area contributed by atoms with Gasteiger partial charge in [0.05, 0.1) is 12.3 Å². The molecule has 134 valence electrons. The van der Waals surface area contributed by atoms with Crippen molar-refractivity contribution in [2.75, 3.05) is 6.54 Å². The molecule has 1 N–H and O–H groups in total. The molecule has 2 amide bonds. The fourth-order valence-electron chi connectivity index (χ4n) is 3.69. The summed E-state index contributed by atoms with van der Waals surface area (Å²) in [6, 6.07) is 10.2. The number of rotatable bonds is 5. The van der Waals surface area contributed by atoms with Crippen molar-refractivity contribution in [1.82, 2.24) is 10.3 Å². The van der Waals surface area contributed by atoms with E-state index in [1.54, 1.807) is 0 Å². The van der Waals surface area contributed by atoms with E-state index in [0.717, 1.165) is 30.5 Å². The molecule has 0 bridgehead atoms. The first kappa shape index (κ1) is 17.6. The molecular weight excluding hydrogens is 314 g/mol. The highest BCUT2D eigenvalue weighted by atomic mass is 16.2. The van der Waals surface area contributed by atoms with E-state index in [1.807, 2.05) is 30.3 Å². The molecule has 0 radical (unpaired) electrons. The Labute approximate surface area is 149 Å². The Hall–Kier alpha value is -2.17. The van der Waals surface area contributed by atoms with Crippen molar-refractivity contribution >= 4 is 17.5 Å². The van der Waals surface area contributed by atoms with E-state index in [9.17, 15) is 9.59 Å². The van der Waals surface area contributed by atoms with Crippen molar-refractivity contribution in [3.05, 3.63) is 35.9 Å². The van der Waals surface area contributed by atoms with Gasteiger partial charge in [-0.25, -0.2) is 5.01 Å². The summed E-state index contributed by atoms with van der Waals surface area (Å²) < 4.78 is 0. The number of nitrogens with zero attached hydrogens (tertiary/aromatic N) is 2. The molecular formula is C20H27N3O2. The van der Waals surface area contributed by atoms with Crippen molar-refractivity contribution in [2.45, 2.75) is 57.9 Å². The van der Waals surface area contributed by atoms with Crippen LogP contribution in [0.25, 0.3) is 0 Å². The van der Waals surface area contributed by atoms with Gasteiger partial charge in [0.2, 0.25) is 11.8 Å². The second-order valence-corrected chi connectivity index (χ2v) is 7.22. The van der Waals surface area contributed by atoms with Crippen molar-refractivity contribution < 1.29 is 9.59 Å². The standard InChI is InChI=1S/C20H27N3O2/c1-15-6-5-9-17(14-15)21-19(24)10-11-20(25)23-13-12-18(22-23)16-7-3-2-4-8-16/h2-4,7-8,15,17H,5-6,9-14H2,1H3,(H,21,24). The predicted molar refractivity (Wildman–Crippen MR) is 98.1 cm³/mol. The Bertz CT molecular complexity index is 642. The van der Waals surface area contributed by atoms with Crippen molar-refractivity contribution in [2.24, 2.45) is 11.0 Å². The number of hydrazone groups is 1. The molecule has 1 aromatic carbocycles. The third-order valence-corrected chi connectivity index (χ3v) is 5.06. The number of benzene rings is 1. The summed E-state index contributed by atoms with van der Waals surface area (Å²) in [7, 11) is 0. The molecule has 1 heterocycles. The Morgan fingerprint density at radius 2 is 2.00 bits per heavy atom. The number of nitrogens with one attached hydrogen (secondary N) is 1. The first-order chi connectivity index (χ1) is 12.1. The van der Waals surface area contributed by atoms with Crippen LogP contribution in [0.4, 0.5) is 0 Å². The highest BCUT2D eigenvalue weighted by Gasteiger charge is 2.23.